The molecule has 1 aromatic rings. The summed E-state index contributed by atoms with van der Waals surface area (Å²) in [5.74, 6) is -0.922. The van der Waals surface area contributed by atoms with Gasteiger partial charge in [0.2, 0.25) is 0 Å². The molecule has 0 spiro atoms. The molecule has 0 radical (unpaired) electrons. The highest BCUT2D eigenvalue weighted by molar-refractivity contribution is 5.85. The van der Waals surface area contributed by atoms with Gasteiger partial charge in [0.15, 0.2) is 0 Å². The average Bonchev–Trinajstić information content (AvgIpc) is 2.28. The summed E-state index contributed by atoms with van der Waals surface area (Å²) in [4.78, 5) is 10.1. The van der Waals surface area contributed by atoms with E-state index < -0.39 is 5.97 Å². The molecular formula is C14H16O2. The molecule has 1 N–H and O–H groups in total. The Labute approximate surface area is 96.2 Å². The van der Waals surface area contributed by atoms with Crippen LogP contribution in [0.5, 0.6) is 0 Å². The number of benzene rings is 1. The minimum atomic E-state index is -0.922. The second kappa shape index (κ2) is 8.24. The molecule has 0 aliphatic rings. The summed E-state index contributed by atoms with van der Waals surface area (Å²) < 4.78 is 0. The van der Waals surface area contributed by atoms with Gasteiger partial charge in [-0.15, -0.1) is 0 Å². The molecule has 0 bridgehead atoms. The molecule has 1 rings (SSSR count). The van der Waals surface area contributed by atoms with Gasteiger partial charge in [-0.05, 0) is 18.6 Å². The van der Waals surface area contributed by atoms with Crippen molar-refractivity contribution < 1.29 is 9.90 Å². The van der Waals surface area contributed by atoms with Crippen LogP contribution in [0.4, 0.5) is 0 Å². The summed E-state index contributed by atoms with van der Waals surface area (Å²) in [7, 11) is 0. The van der Waals surface area contributed by atoms with Crippen LogP contribution in [0.25, 0.3) is 6.08 Å². The summed E-state index contributed by atoms with van der Waals surface area (Å²) in [6.07, 6.45) is 4.40. The van der Waals surface area contributed by atoms with Crippen molar-refractivity contribution in [2.45, 2.75) is 6.92 Å². The second-order valence-electron chi connectivity index (χ2n) is 3.13. The molecule has 0 saturated carbocycles. The van der Waals surface area contributed by atoms with Crippen molar-refractivity contribution in [1.82, 2.24) is 0 Å². The smallest absolute Gasteiger partial charge is 0.328 e. The van der Waals surface area contributed by atoms with Crippen LogP contribution in [0, 0.1) is 0 Å². The Morgan fingerprint density at radius 1 is 1.31 bits per heavy atom. The monoisotopic (exact) mass is 216 g/mol. The highest BCUT2D eigenvalue weighted by atomic mass is 16.4. The minimum absolute atomic E-state index is 0.898. The van der Waals surface area contributed by atoms with Crippen molar-refractivity contribution >= 4 is 12.0 Å². The Hall–Kier alpha value is -2.09. The summed E-state index contributed by atoms with van der Waals surface area (Å²) in [5, 5.41) is 8.29. The Bertz CT molecular complexity index is 375. The van der Waals surface area contributed by atoms with Crippen LogP contribution >= 0.6 is 0 Å². The van der Waals surface area contributed by atoms with E-state index in [2.05, 4.69) is 13.2 Å². The van der Waals surface area contributed by atoms with E-state index >= 15 is 0 Å². The largest absolute Gasteiger partial charge is 0.478 e. The summed E-state index contributed by atoms with van der Waals surface area (Å²) >= 11 is 0. The lowest BCUT2D eigenvalue weighted by Gasteiger charge is -1.87. The molecular weight excluding hydrogens is 200 g/mol. The Balaban J connectivity index is 0.000000385. The van der Waals surface area contributed by atoms with Gasteiger partial charge in [-0.1, -0.05) is 55.1 Å². The zero-order valence-electron chi connectivity index (χ0n) is 9.39. The number of carboxylic acid groups (broad SMARTS) is 1. The third-order valence-electron chi connectivity index (χ3n) is 1.57. The first-order valence-electron chi connectivity index (χ1n) is 4.80. The maximum absolute atomic E-state index is 10.1. The van der Waals surface area contributed by atoms with Gasteiger partial charge in [-0.2, -0.15) is 0 Å². The molecule has 0 aliphatic carbocycles. The van der Waals surface area contributed by atoms with Crippen LogP contribution in [0.2, 0.25) is 0 Å². The topological polar surface area (TPSA) is 37.3 Å². The van der Waals surface area contributed by atoms with E-state index in [1.807, 2.05) is 37.3 Å². The van der Waals surface area contributed by atoms with Gasteiger partial charge < -0.3 is 5.11 Å². The Kier molecular flexibility index (Phi) is 7.16. The molecule has 0 amide bonds. The molecule has 2 nitrogen and oxygen atoms in total. The number of carboxylic acids is 1. The van der Waals surface area contributed by atoms with Gasteiger partial charge in [-0.3, -0.25) is 0 Å². The molecule has 84 valence electrons. The first-order chi connectivity index (χ1) is 7.56. The zero-order valence-corrected chi connectivity index (χ0v) is 9.39. The van der Waals surface area contributed by atoms with E-state index in [-0.39, 0.29) is 0 Å². The molecule has 0 unspecified atom stereocenters. The van der Waals surface area contributed by atoms with Crippen molar-refractivity contribution in [3.63, 3.8) is 0 Å². The third-order valence-corrected chi connectivity index (χ3v) is 1.57. The number of hydrogen-bond acceptors (Lipinski definition) is 1. The summed E-state index contributed by atoms with van der Waals surface area (Å²) in [6, 6.07) is 9.31. The van der Waals surface area contributed by atoms with E-state index in [0.717, 1.165) is 17.2 Å². The lowest BCUT2D eigenvalue weighted by atomic mass is 10.2. The van der Waals surface area contributed by atoms with E-state index in [1.165, 1.54) is 0 Å². The van der Waals surface area contributed by atoms with Crippen molar-refractivity contribution in [2.75, 3.05) is 0 Å². The third kappa shape index (κ3) is 8.51. The molecule has 0 aromatic heterocycles. The lowest BCUT2D eigenvalue weighted by Crippen LogP contribution is -1.85. The van der Waals surface area contributed by atoms with Crippen LogP contribution in [-0.2, 0) is 4.79 Å². The van der Waals surface area contributed by atoms with Crippen molar-refractivity contribution in [2.24, 2.45) is 0 Å². The highest BCUT2D eigenvalue weighted by Crippen LogP contribution is 1.99. The number of hydrogen-bond donors (Lipinski definition) is 1. The molecule has 2 heteroatoms. The standard InChI is InChI=1S/C9H8O2.C5H8/c10-9(11)7-6-8-4-2-1-3-5-8;1-4-5(2)3/h1-7H,(H,10,11);4H,1-2H2,3H3. The number of carbonyl (C=O) groups is 1. The minimum Gasteiger partial charge on any atom is -0.478 e. The van der Waals surface area contributed by atoms with Gasteiger partial charge in [0.25, 0.3) is 0 Å². The summed E-state index contributed by atoms with van der Waals surface area (Å²) in [6.45, 7) is 8.93. The fraction of sp³-hybridized carbons (Fsp3) is 0.0714. The number of aliphatic carboxylic acids is 1. The predicted octanol–water partition coefficient (Wildman–Crippen LogP) is 3.53. The molecule has 16 heavy (non-hydrogen) atoms. The molecule has 0 heterocycles. The van der Waals surface area contributed by atoms with Gasteiger partial charge in [0.05, 0.1) is 0 Å². The maximum Gasteiger partial charge on any atom is 0.328 e. The van der Waals surface area contributed by atoms with E-state index in [0.29, 0.717) is 0 Å². The van der Waals surface area contributed by atoms with Crippen molar-refractivity contribution in [3.8, 4) is 0 Å². The van der Waals surface area contributed by atoms with E-state index in [1.54, 1.807) is 12.2 Å². The van der Waals surface area contributed by atoms with Crippen LogP contribution in [0.3, 0.4) is 0 Å². The average molecular weight is 216 g/mol. The summed E-state index contributed by atoms with van der Waals surface area (Å²) in [5.41, 5.74) is 1.92. The van der Waals surface area contributed by atoms with Crippen LogP contribution in [-0.4, -0.2) is 11.1 Å². The van der Waals surface area contributed by atoms with Crippen LogP contribution in [0.1, 0.15) is 12.5 Å². The van der Waals surface area contributed by atoms with Gasteiger partial charge in [0.1, 0.15) is 0 Å². The SMILES string of the molecule is C=CC(=C)C.O=C(O)C=Cc1ccccc1. The first kappa shape index (κ1) is 13.9. The fourth-order valence-corrected chi connectivity index (χ4v) is 0.732. The maximum atomic E-state index is 10.1. The van der Waals surface area contributed by atoms with Gasteiger partial charge in [-0.25, -0.2) is 4.79 Å². The molecule has 0 atom stereocenters. The lowest BCUT2D eigenvalue weighted by molar-refractivity contribution is -0.131. The van der Waals surface area contributed by atoms with Gasteiger partial charge in [0, 0.05) is 6.08 Å². The van der Waals surface area contributed by atoms with Crippen molar-refractivity contribution in [3.05, 3.63) is 66.8 Å². The fourth-order valence-electron chi connectivity index (χ4n) is 0.732. The predicted molar refractivity (Wildman–Crippen MR) is 68.1 cm³/mol. The van der Waals surface area contributed by atoms with Crippen molar-refractivity contribution in [1.29, 1.82) is 0 Å². The normalized spacial score (nSPS) is 9.06. The van der Waals surface area contributed by atoms with Gasteiger partial charge >= 0.3 is 5.97 Å². The zero-order chi connectivity index (χ0) is 12.4. The van der Waals surface area contributed by atoms with E-state index in [4.69, 9.17) is 5.11 Å². The number of rotatable bonds is 3. The Morgan fingerprint density at radius 3 is 2.19 bits per heavy atom. The number of allylic oxidation sites excluding steroid dienone is 2. The Morgan fingerprint density at radius 2 is 1.81 bits per heavy atom. The molecule has 0 fully saturated rings. The molecule has 1 aromatic carbocycles. The quantitative estimate of drug-likeness (QED) is 0.620. The van der Waals surface area contributed by atoms with Crippen LogP contribution < -0.4 is 0 Å². The molecule has 0 aliphatic heterocycles. The highest BCUT2D eigenvalue weighted by Gasteiger charge is 1.85. The second-order valence-corrected chi connectivity index (χ2v) is 3.13. The molecule has 0 saturated heterocycles. The van der Waals surface area contributed by atoms with E-state index in [9.17, 15) is 4.79 Å². The first-order valence-corrected chi connectivity index (χ1v) is 4.80. The van der Waals surface area contributed by atoms with Crippen LogP contribution in [0.15, 0.2) is 61.2 Å².